The van der Waals surface area contributed by atoms with Gasteiger partial charge < -0.3 is 26.2 Å². The van der Waals surface area contributed by atoms with Gasteiger partial charge in [-0.15, -0.1) is 0 Å². The molecular weight excluding hydrogens is 372 g/mol. The third kappa shape index (κ3) is 4.75. The summed E-state index contributed by atoms with van der Waals surface area (Å²) in [6.07, 6.45) is 0. The fourth-order valence-electron chi connectivity index (χ4n) is 3.37. The molecule has 2 aliphatic heterocycles. The minimum atomic E-state index is -0.461. The number of carbonyl (C=O) groups excluding carboxylic acids is 1. The molecule has 0 saturated carbocycles. The van der Waals surface area contributed by atoms with Crippen molar-refractivity contribution in [2.24, 2.45) is 0 Å². The smallest absolute Gasteiger partial charge is 0.271 e. The summed E-state index contributed by atoms with van der Waals surface area (Å²) in [5.41, 5.74) is 10.2. The summed E-state index contributed by atoms with van der Waals surface area (Å²) < 4.78 is 0. The molecule has 0 atom stereocenters. The van der Waals surface area contributed by atoms with E-state index in [1.165, 1.54) is 29.4 Å². The summed E-state index contributed by atoms with van der Waals surface area (Å²) in [5, 5.41) is 16.7. The monoisotopic (exact) mass is 398 g/mol. The first-order valence-corrected chi connectivity index (χ1v) is 9.45. The lowest BCUT2D eigenvalue weighted by Gasteiger charge is -2.18. The van der Waals surface area contributed by atoms with E-state index in [2.05, 4.69) is 28.6 Å². The standard InChI is InChI=1S/C10H11N3O3.C10H15N3/c1-12-5-4-11-10(14)8-3-2-7(13(15)16)6-9(8)12;1-13-5-4-12-7-8-2-3-9(11)6-10(8)13/h2-3,6H,4-5H2,1H3,(H,11,14);2-3,6,12H,4-5,7,11H2,1H3. The minimum Gasteiger partial charge on any atom is -0.399 e. The van der Waals surface area contributed by atoms with Crippen molar-refractivity contribution < 1.29 is 9.72 Å². The molecule has 2 aromatic carbocycles. The van der Waals surface area contributed by atoms with Crippen molar-refractivity contribution in [3.8, 4) is 0 Å². The summed E-state index contributed by atoms with van der Waals surface area (Å²) in [7, 11) is 3.91. The Bertz CT molecular complexity index is 917. The summed E-state index contributed by atoms with van der Waals surface area (Å²) in [5.74, 6) is -0.186. The number of carbonyl (C=O) groups is 1. The Kier molecular flexibility index (Phi) is 6.18. The van der Waals surface area contributed by atoms with E-state index in [9.17, 15) is 14.9 Å². The van der Waals surface area contributed by atoms with Gasteiger partial charge in [-0.25, -0.2) is 0 Å². The van der Waals surface area contributed by atoms with Crippen LogP contribution in [0.5, 0.6) is 0 Å². The Morgan fingerprint density at radius 3 is 2.52 bits per heavy atom. The van der Waals surface area contributed by atoms with Crippen LogP contribution in [0.3, 0.4) is 0 Å². The molecule has 0 unspecified atom stereocenters. The van der Waals surface area contributed by atoms with Gasteiger partial charge in [-0.3, -0.25) is 14.9 Å². The summed E-state index contributed by atoms with van der Waals surface area (Å²) in [4.78, 5) is 25.9. The molecule has 0 bridgehead atoms. The van der Waals surface area contributed by atoms with Crippen LogP contribution in [-0.4, -0.2) is 51.1 Å². The van der Waals surface area contributed by atoms with Crippen LogP contribution >= 0.6 is 0 Å². The lowest BCUT2D eigenvalue weighted by Crippen LogP contribution is -2.27. The number of fused-ring (bicyclic) bond motifs is 2. The number of anilines is 3. The third-order valence-corrected chi connectivity index (χ3v) is 5.04. The molecule has 0 radical (unpaired) electrons. The van der Waals surface area contributed by atoms with Crippen LogP contribution in [0, 0.1) is 10.1 Å². The van der Waals surface area contributed by atoms with Crippen molar-refractivity contribution >= 4 is 28.7 Å². The van der Waals surface area contributed by atoms with E-state index >= 15 is 0 Å². The highest BCUT2D eigenvalue weighted by Gasteiger charge is 2.21. The van der Waals surface area contributed by atoms with Crippen LogP contribution in [0.25, 0.3) is 0 Å². The molecule has 29 heavy (non-hydrogen) atoms. The van der Waals surface area contributed by atoms with Gasteiger partial charge in [-0.1, -0.05) is 6.07 Å². The van der Waals surface area contributed by atoms with Gasteiger partial charge in [-0.2, -0.15) is 0 Å². The molecule has 0 fully saturated rings. The van der Waals surface area contributed by atoms with Crippen molar-refractivity contribution in [3.63, 3.8) is 0 Å². The van der Waals surface area contributed by atoms with Gasteiger partial charge in [0.15, 0.2) is 0 Å². The number of likely N-dealkylation sites (N-methyl/N-ethyl adjacent to an activating group) is 2. The predicted octanol–water partition coefficient (Wildman–Crippen LogP) is 1.58. The number of nitro benzene ring substituents is 1. The summed E-state index contributed by atoms with van der Waals surface area (Å²) >= 11 is 0. The first-order valence-electron chi connectivity index (χ1n) is 9.45. The fourth-order valence-corrected chi connectivity index (χ4v) is 3.37. The average molecular weight is 398 g/mol. The van der Waals surface area contributed by atoms with E-state index in [-0.39, 0.29) is 11.6 Å². The molecule has 0 aliphatic carbocycles. The Balaban J connectivity index is 0.000000169. The second-order valence-electron chi connectivity index (χ2n) is 7.12. The summed E-state index contributed by atoms with van der Waals surface area (Å²) in [6, 6.07) is 10.4. The lowest BCUT2D eigenvalue weighted by molar-refractivity contribution is -0.384. The zero-order valence-electron chi connectivity index (χ0n) is 16.6. The molecule has 0 spiro atoms. The number of hydrogen-bond acceptors (Lipinski definition) is 7. The van der Waals surface area contributed by atoms with Gasteiger partial charge in [0, 0.05) is 70.3 Å². The fraction of sp³-hybridized carbons (Fsp3) is 0.350. The highest BCUT2D eigenvalue weighted by atomic mass is 16.6. The SMILES string of the molecule is CN1CCNC(=O)c2ccc([N+](=O)[O-])cc21.CN1CCNCc2ccc(N)cc21. The maximum absolute atomic E-state index is 11.6. The predicted molar refractivity (Wildman–Crippen MR) is 115 cm³/mol. The van der Waals surface area contributed by atoms with Gasteiger partial charge in [0.2, 0.25) is 0 Å². The van der Waals surface area contributed by atoms with Gasteiger partial charge in [-0.05, 0) is 23.8 Å². The molecule has 1 amide bonds. The van der Waals surface area contributed by atoms with Crippen LogP contribution in [-0.2, 0) is 6.54 Å². The van der Waals surface area contributed by atoms with E-state index in [4.69, 9.17) is 5.73 Å². The number of nitrogens with two attached hydrogens (primary N) is 1. The van der Waals surface area contributed by atoms with Crippen molar-refractivity contribution in [2.75, 3.05) is 55.8 Å². The van der Waals surface area contributed by atoms with E-state index in [0.717, 1.165) is 25.3 Å². The highest BCUT2D eigenvalue weighted by molar-refractivity contribution is 6.00. The number of benzene rings is 2. The molecule has 9 nitrogen and oxygen atoms in total. The molecule has 2 heterocycles. The van der Waals surface area contributed by atoms with Crippen molar-refractivity contribution in [3.05, 3.63) is 57.6 Å². The number of nitro groups is 1. The van der Waals surface area contributed by atoms with Crippen LogP contribution in [0.4, 0.5) is 22.7 Å². The number of rotatable bonds is 1. The Labute approximate surface area is 169 Å². The highest BCUT2D eigenvalue weighted by Crippen LogP contribution is 2.26. The van der Waals surface area contributed by atoms with Crippen molar-refractivity contribution in [1.82, 2.24) is 10.6 Å². The number of nitrogens with one attached hydrogen (secondary N) is 2. The second kappa shape index (κ2) is 8.78. The number of hydrogen-bond donors (Lipinski definition) is 3. The molecule has 4 N–H and O–H groups in total. The van der Waals surface area contributed by atoms with E-state index in [0.29, 0.717) is 24.3 Å². The molecule has 2 aromatic rings. The molecule has 9 heteroatoms. The molecule has 4 rings (SSSR count). The first kappa shape index (κ1) is 20.4. The Morgan fingerprint density at radius 2 is 1.76 bits per heavy atom. The number of non-ortho nitro benzene ring substituents is 1. The van der Waals surface area contributed by atoms with Gasteiger partial charge in [0.1, 0.15) is 0 Å². The molecule has 2 aliphatic rings. The van der Waals surface area contributed by atoms with Crippen molar-refractivity contribution in [2.45, 2.75) is 6.54 Å². The largest absolute Gasteiger partial charge is 0.399 e. The second-order valence-corrected chi connectivity index (χ2v) is 7.12. The maximum atomic E-state index is 11.6. The number of nitrogen functional groups attached to an aromatic ring is 1. The van der Waals surface area contributed by atoms with E-state index in [1.807, 2.05) is 24.1 Å². The lowest BCUT2D eigenvalue weighted by atomic mass is 10.1. The Morgan fingerprint density at radius 1 is 1.03 bits per heavy atom. The molecule has 154 valence electrons. The van der Waals surface area contributed by atoms with Crippen molar-refractivity contribution in [1.29, 1.82) is 0 Å². The molecule has 0 saturated heterocycles. The summed E-state index contributed by atoms with van der Waals surface area (Å²) in [6.45, 7) is 4.19. The van der Waals surface area contributed by atoms with Crippen LogP contribution < -0.4 is 26.2 Å². The Hall–Kier alpha value is -3.33. The average Bonchev–Trinajstić information content (AvgIpc) is 2.97. The number of nitrogens with zero attached hydrogens (tertiary/aromatic N) is 3. The van der Waals surface area contributed by atoms with Crippen LogP contribution in [0.1, 0.15) is 15.9 Å². The van der Waals surface area contributed by atoms with Crippen LogP contribution in [0.2, 0.25) is 0 Å². The van der Waals surface area contributed by atoms with E-state index < -0.39 is 4.92 Å². The topological polar surface area (TPSA) is 117 Å². The number of amides is 1. The quantitative estimate of drug-likeness (QED) is 0.379. The third-order valence-electron chi connectivity index (χ3n) is 5.04. The molecule has 0 aromatic heterocycles. The first-order chi connectivity index (χ1) is 13.9. The normalized spacial score (nSPS) is 15.7. The molecular formula is C20H26N6O3. The zero-order chi connectivity index (χ0) is 21.0. The van der Waals surface area contributed by atoms with Gasteiger partial charge in [0.25, 0.3) is 11.6 Å². The minimum absolute atomic E-state index is 0.000278. The van der Waals surface area contributed by atoms with Crippen LogP contribution in [0.15, 0.2) is 36.4 Å². The zero-order valence-corrected chi connectivity index (χ0v) is 16.6. The van der Waals surface area contributed by atoms with Gasteiger partial charge in [0.05, 0.1) is 16.2 Å². The maximum Gasteiger partial charge on any atom is 0.271 e. The van der Waals surface area contributed by atoms with Gasteiger partial charge >= 0.3 is 0 Å². The van der Waals surface area contributed by atoms with E-state index in [1.54, 1.807) is 0 Å².